The molecular weight excluding hydrogens is 266 g/mol. The first-order valence-corrected chi connectivity index (χ1v) is 7.21. The molecule has 3 rings (SSSR count). The van der Waals surface area contributed by atoms with Gasteiger partial charge in [0.1, 0.15) is 18.2 Å². The van der Waals surface area contributed by atoms with E-state index >= 15 is 0 Å². The van der Waals surface area contributed by atoms with E-state index in [-0.39, 0.29) is 11.9 Å². The maximum atomic E-state index is 12.3. The van der Waals surface area contributed by atoms with Crippen LogP contribution >= 0.6 is 0 Å². The molecule has 1 unspecified atom stereocenters. The number of anilines is 2. The molecule has 6 nitrogen and oxygen atoms in total. The number of nitrogens with two attached hydrogens (primary N) is 1. The quantitative estimate of drug-likeness (QED) is 0.837. The first-order valence-electron chi connectivity index (χ1n) is 7.21. The summed E-state index contributed by atoms with van der Waals surface area (Å²) in [5, 5.41) is 4.07. The Morgan fingerprint density at radius 3 is 2.86 bits per heavy atom. The molecule has 1 atom stereocenters. The van der Waals surface area contributed by atoms with Crippen molar-refractivity contribution in [1.29, 1.82) is 0 Å². The summed E-state index contributed by atoms with van der Waals surface area (Å²) in [6.45, 7) is 3.57. The van der Waals surface area contributed by atoms with Crippen molar-refractivity contribution in [3.05, 3.63) is 24.5 Å². The average Bonchev–Trinajstić information content (AvgIpc) is 3.00. The van der Waals surface area contributed by atoms with Gasteiger partial charge in [-0.3, -0.25) is 4.79 Å². The third kappa shape index (κ3) is 2.74. The summed E-state index contributed by atoms with van der Waals surface area (Å²) >= 11 is 0. The van der Waals surface area contributed by atoms with Gasteiger partial charge in [0.2, 0.25) is 5.91 Å². The zero-order valence-corrected chi connectivity index (χ0v) is 12.0. The molecule has 1 aliphatic heterocycles. The van der Waals surface area contributed by atoms with E-state index in [4.69, 9.17) is 5.73 Å². The topological polar surface area (TPSA) is 84.1 Å². The summed E-state index contributed by atoms with van der Waals surface area (Å²) in [7, 11) is 0. The Kier molecular flexibility index (Phi) is 3.60. The minimum Gasteiger partial charge on any atom is -0.399 e. The van der Waals surface area contributed by atoms with Crippen LogP contribution in [0.5, 0.6) is 0 Å². The van der Waals surface area contributed by atoms with Gasteiger partial charge in [-0.05, 0) is 38.0 Å². The monoisotopic (exact) mass is 285 g/mol. The number of benzene rings is 1. The number of amides is 1. The maximum Gasteiger partial charge on any atom is 0.244 e. The molecule has 21 heavy (non-hydrogen) atoms. The van der Waals surface area contributed by atoms with Gasteiger partial charge in [0, 0.05) is 24.2 Å². The lowest BCUT2D eigenvalue weighted by Crippen LogP contribution is -2.39. The second kappa shape index (κ2) is 5.55. The Labute approximate surface area is 123 Å². The predicted molar refractivity (Wildman–Crippen MR) is 82.8 cm³/mol. The van der Waals surface area contributed by atoms with Crippen molar-refractivity contribution in [1.82, 2.24) is 14.9 Å². The fourth-order valence-electron chi connectivity index (χ4n) is 2.67. The van der Waals surface area contributed by atoms with Gasteiger partial charge in [-0.1, -0.05) is 0 Å². The fourth-order valence-corrected chi connectivity index (χ4v) is 2.67. The van der Waals surface area contributed by atoms with Gasteiger partial charge in [0.05, 0.1) is 5.52 Å². The van der Waals surface area contributed by atoms with Gasteiger partial charge in [-0.15, -0.1) is 0 Å². The number of fused-ring (bicyclic) bond motifs is 1. The third-order valence-corrected chi connectivity index (χ3v) is 3.80. The zero-order valence-electron chi connectivity index (χ0n) is 12.0. The zero-order chi connectivity index (χ0) is 14.8. The second-order valence-electron chi connectivity index (χ2n) is 5.40. The Bertz CT molecular complexity index is 666. The van der Waals surface area contributed by atoms with E-state index in [2.05, 4.69) is 15.3 Å². The summed E-state index contributed by atoms with van der Waals surface area (Å²) in [4.78, 5) is 22.7. The fraction of sp³-hybridized carbons (Fsp3) is 0.400. The van der Waals surface area contributed by atoms with Crippen molar-refractivity contribution in [2.75, 3.05) is 24.1 Å². The number of likely N-dealkylation sites (tertiary alicyclic amines) is 1. The Hall–Kier alpha value is -2.37. The molecule has 0 radical (unpaired) electrons. The maximum absolute atomic E-state index is 12.3. The number of hydrogen-bond acceptors (Lipinski definition) is 5. The first kappa shape index (κ1) is 13.6. The molecule has 0 bridgehead atoms. The van der Waals surface area contributed by atoms with Crippen LogP contribution in [0.25, 0.3) is 10.9 Å². The molecule has 1 saturated heterocycles. The van der Waals surface area contributed by atoms with Crippen LogP contribution in [0.1, 0.15) is 19.8 Å². The highest BCUT2D eigenvalue weighted by molar-refractivity contribution is 5.93. The molecule has 1 aliphatic rings. The molecule has 1 amide bonds. The SMILES string of the molecule is CC(Nc1ncnc2cc(N)ccc12)C(=O)N1CCCC1. The number of carbonyl (C=O) groups excluding carboxylic acids is 1. The van der Waals surface area contributed by atoms with Crippen molar-refractivity contribution in [3.63, 3.8) is 0 Å². The highest BCUT2D eigenvalue weighted by atomic mass is 16.2. The minimum absolute atomic E-state index is 0.120. The van der Waals surface area contributed by atoms with Crippen LogP contribution in [0.2, 0.25) is 0 Å². The highest BCUT2D eigenvalue weighted by Crippen LogP contribution is 2.22. The molecule has 1 fully saturated rings. The first-order chi connectivity index (χ1) is 10.1. The van der Waals surface area contributed by atoms with Crippen LogP contribution in [-0.2, 0) is 4.79 Å². The van der Waals surface area contributed by atoms with Crippen LogP contribution in [-0.4, -0.2) is 39.9 Å². The van der Waals surface area contributed by atoms with E-state index < -0.39 is 0 Å². The highest BCUT2D eigenvalue weighted by Gasteiger charge is 2.23. The molecule has 1 aromatic carbocycles. The Morgan fingerprint density at radius 1 is 1.33 bits per heavy atom. The lowest BCUT2D eigenvalue weighted by Gasteiger charge is -2.21. The molecule has 110 valence electrons. The number of nitrogens with one attached hydrogen (secondary N) is 1. The normalized spacial score (nSPS) is 16.1. The summed E-state index contributed by atoms with van der Waals surface area (Å²) in [5.74, 6) is 0.787. The van der Waals surface area contributed by atoms with Gasteiger partial charge in [-0.25, -0.2) is 9.97 Å². The van der Waals surface area contributed by atoms with Crippen LogP contribution in [0, 0.1) is 0 Å². The second-order valence-corrected chi connectivity index (χ2v) is 5.40. The Morgan fingerprint density at radius 2 is 2.10 bits per heavy atom. The van der Waals surface area contributed by atoms with Crippen molar-refractivity contribution in [3.8, 4) is 0 Å². The van der Waals surface area contributed by atoms with Gasteiger partial charge in [0.25, 0.3) is 0 Å². The molecule has 3 N–H and O–H groups in total. The van der Waals surface area contributed by atoms with Crippen LogP contribution in [0.4, 0.5) is 11.5 Å². The molecule has 2 heterocycles. The van der Waals surface area contributed by atoms with E-state index in [0.29, 0.717) is 11.5 Å². The lowest BCUT2D eigenvalue weighted by molar-refractivity contribution is -0.130. The van der Waals surface area contributed by atoms with Gasteiger partial charge >= 0.3 is 0 Å². The van der Waals surface area contributed by atoms with E-state index in [9.17, 15) is 4.79 Å². The number of aromatic nitrogens is 2. The molecular formula is C15H19N5O. The van der Waals surface area contributed by atoms with Crippen molar-refractivity contribution in [2.45, 2.75) is 25.8 Å². The number of rotatable bonds is 3. The average molecular weight is 285 g/mol. The van der Waals surface area contributed by atoms with E-state index in [1.165, 1.54) is 6.33 Å². The number of carbonyl (C=O) groups is 1. The number of hydrogen-bond donors (Lipinski definition) is 2. The van der Waals surface area contributed by atoms with E-state index in [0.717, 1.165) is 36.8 Å². The standard InChI is InChI=1S/C15H19N5O/c1-10(15(21)20-6-2-3-7-20)19-14-12-5-4-11(16)8-13(12)17-9-18-14/h4-5,8-10H,2-3,6-7,16H2,1H3,(H,17,18,19). The lowest BCUT2D eigenvalue weighted by atomic mass is 10.2. The molecule has 0 spiro atoms. The molecule has 1 aromatic heterocycles. The van der Waals surface area contributed by atoms with Gasteiger partial charge < -0.3 is 16.0 Å². The molecule has 6 heteroatoms. The van der Waals surface area contributed by atoms with Crippen molar-refractivity contribution in [2.24, 2.45) is 0 Å². The molecule has 0 saturated carbocycles. The van der Waals surface area contributed by atoms with Gasteiger partial charge in [0.15, 0.2) is 0 Å². The van der Waals surface area contributed by atoms with Gasteiger partial charge in [-0.2, -0.15) is 0 Å². The summed E-state index contributed by atoms with van der Waals surface area (Å²) < 4.78 is 0. The van der Waals surface area contributed by atoms with E-state index in [1.54, 1.807) is 6.07 Å². The number of nitrogens with zero attached hydrogens (tertiary/aromatic N) is 3. The van der Waals surface area contributed by atoms with E-state index in [1.807, 2.05) is 24.0 Å². The number of nitrogen functional groups attached to an aromatic ring is 1. The van der Waals surface area contributed by atoms with Crippen molar-refractivity contribution >= 4 is 28.3 Å². The largest absolute Gasteiger partial charge is 0.399 e. The third-order valence-electron chi connectivity index (χ3n) is 3.80. The smallest absolute Gasteiger partial charge is 0.244 e. The van der Waals surface area contributed by atoms with Crippen LogP contribution in [0.15, 0.2) is 24.5 Å². The summed E-state index contributed by atoms with van der Waals surface area (Å²) in [6.07, 6.45) is 3.67. The molecule has 0 aliphatic carbocycles. The summed E-state index contributed by atoms with van der Waals surface area (Å²) in [5.41, 5.74) is 7.20. The minimum atomic E-state index is -0.307. The molecule has 2 aromatic rings. The van der Waals surface area contributed by atoms with Crippen LogP contribution in [0.3, 0.4) is 0 Å². The Balaban J connectivity index is 1.82. The predicted octanol–water partition coefficient (Wildman–Crippen LogP) is 1.63. The van der Waals surface area contributed by atoms with Crippen molar-refractivity contribution < 1.29 is 4.79 Å². The van der Waals surface area contributed by atoms with Crippen LogP contribution < -0.4 is 11.1 Å². The summed E-state index contributed by atoms with van der Waals surface area (Å²) in [6, 6.07) is 5.18.